The maximum Gasteiger partial charge on any atom is 0.386 e. The van der Waals surface area contributed by atoms with E-state index in [1.165, 1.54) is 0 Å². The topological polar surface area (TPSA) is 69.4 Å². The van der Waals surface area contributed by atoms with Crippen molar-refractivity contribution >= 4 is 5.97 Å². The molecular weight excluding hydrogens is 258 g/mol. The number of hydrogen-bond acceptors (Lipinski definition) is 4. The van der Waals surface area contributed by atoms with Crippen molar-refractivity contribution in [2.24, 2.45) is 5.92 Å². The summed E-state index contributed by atoms with van der Waals surface area (Å²) < 4.78 is 4.67. The summed E-state index contributed by atoms with van der Waals surface area (Å²) in [6, 6.07) is 8.57. The first-order valence-corrected chi connectivity index (χ1v) is 6.16. The van der Waals surface area contributed by atoms with E-state index >= 15 is 0 Å². The van der Waals surface area contributed by atoms with Crippen LogP contribution in [0.2, 0.25) is 0 Å². The molecule has 0 aliphatic carbocycles. The highest BCUT2D eigenvalue weighted by Gasteiger charge is 2.61. The molecule has 0 spiro atoms. The monoisotopic (exact) mass is 275 g/mol. The second-order valence-corrected chi connectivity index (χ2v) is 4.74. The van der Waals surface area contributed by atoms with Crippen molar-refractivity contribution < 1.29 is 14.5 Å². The molecule has 106 valence electrons. The fourth-order valence-corrected chi connectivity index (χ4v) is 2.36. The number of terminal acetylenes is 1. The number of nitrogens with zero attached hydrogens (tertiary/aromatic N) is 1. The lowest BCUT2D eigenvalue weighted by atomic mass is 9.73. The minimum Gasteiger partial charge on any atom is -0.464 e. The van der Waals surface area contributed by atoms with Crippen LogP contribution < -0.4 is 0 Å². The van der Waals surface area contributed by atoms with E-state index in [0.29, 0.717) is 5.56 Å². The summed E-state index contributed by atoms with van der Waals surface area (Å²) in [5.41, 5.74) is -1.45. The zero-order chi connectivity index (χ0) is 15.3. The fraction of sp³-hybridized carbons (Fsp3) is 0.400. The van der Waals surface area contributed by atoms with Gasteiger partial charge in [0.15, 0.2) is 0 Å². The van der Waals surface area contributed by atoms with Gasteiger partial charge >= 0.3 is 11.5 Å². The molecule has 1 unspecified atom stereocenters. The summed E-state index contributed by atoms with van der Waals surface area (Å²) in [5, 5.41) is 11.6. The van der Waals surface area contributed by atoms with Gasteiger partial charge in [0, 0.05) is 10.8 Å². The van der Waals surface area contributed by atoms with Crippen molar-refractivity contribution in [1.82, 2.24) is 0 Å². The Morgan fingerprint density at radius 2 is 1.95 bits per heavy atom. The molecule has 1 aromatic rings. The average Bonchev–Trinajstić information content (AvgIpc) is 2.43. The van der Waals surface area contributed by atoms with Crippen molar-refractivity contribution in [3.8, 4) is 12.3 Å². The Kier molecular flexibility index (Phi) is 4.87. The SMILES string of the molecule is C#CC(c1ccccc1)[C@@](C(=O)OC)(C(C)C)[N+](=O)[O-]. The molecule has 0 bridgehead atoms. The van der Waals surface area contributed by atoms with Gasteiger partial charge < -0.3 is 4.74 Å². The number of carbonyl (C=O) groups excluding carboxylic acids is 1. The van der Waals surface area contributed by atoms with Crippen LogP contribution in [-0.4, -0.2) is 23.5 Å². The predicted molar refractivity (Wildman–Crippen MR) is 74.6 cm³/mol. The molecule has 0 saturated carbocycles. The van der Waals surface area contributed by atoms with E-state index in [0.717, 1.165) is 7.11 Å². The van der Waals surface area contributed by atoms with E-state index in [9.17, 15) is 14.9 Å². The molecular formula is C15H17NO4. The van der Waals surface area contributed by atoms with E-state index < -0.39 is 28.3 Å². The van der Waals surface area contributed by atoms with E-state index in [1.807, 2.05) is 0 Å². The minimum atomic E-state index is -2.00. The predicted octanol–water partition coefficient (Wildman–Crippen LogP) is 2.25. The Bertz CT molecular complexity index is 533. The van der Waals surface area contributed by atoms with Crippen LogP contribution in [0.15, 0.2) is 30.3 Å². The van der Waals surface area contributed by atoms with Crippen molar-refractivity contribution in [1.29, 1.82) is 0 Å². The first kappa shape index (κ1) is 15.7. The first-order chi connectivity index (χ1) is 9.42. The van der Waals surface area contributed by atoms with Gasteiger partial charge in [-0.25, -0.2) is 4.79 Å². The quantitative estimate of drug-likeness (QED) is 0.357. The summed E-state index contributed by atoms with van der Waals surface area (Å²) >= 11 is 0. The van der Waals surface area contributed by atoms with Gasteiger partial charge in [0.1, 0.15) is 5.92 Å². The number of rotatable bonds is 5. The fourth-order valence-electron chi connectivity index (χ4n) is 2.36. The van der Waals surface area contributed by atoms with Crippen molar-refractivity contribution in [2.75, 3.05) is 7.11 Å². The number of ether oxygens (including phenoxy) is 1. The van der Waals surface area contributed by atoms with Gasteiger partial charge in [0.2, 0.25) is 0 Å². The van der Waals surface area contributed by atoms with Crippen LogP contribution in [0.3, 0.4) is 0 Å². The summed E-state index contributed by atoms with van der Waals surface area (Å²) in [6.07, 6.45) is 5.50. The Balaban J connectivity index is 3.54. The minimum absolute atomic E-state index is 0.547. The highest BCUT2D eigenvalue weighted by atomic mass is 16.6. The maximum atomic E-state index is 12.1. The lowest BCUT2D eigenvalue weighted by Gasteiger charge is -2.31. The highest BCUT2D eigenvalue weighted by Crippen LogP contribution is 2.37. The first-order valence-electron chi connectivity index (χ1n) is 6.16. The Hall–Kier alpha value is -2.35. The zero-order valence-electron chi connectivity index (χ0n) is 11.7. The van der Waals surface area contributed by atoms with Crippen molar-refractivity contribution in [3.05, 3.63) is 46.0 Å². The average molecular weight is 275 g/mol. The largest absolute Gasteiger partial charge is 0.464 e. The molecule has 0 aliphatic rings. The molecule has 0 radical (unpaired) electrons. The number of carbonyl (C=O) groups is 1. The summed E-state index contributed by atoms with van der Waals surface area (Å²) in [5.74, 6) is -0.145. The molecule has 0 aliphatic heterocycles. The third-order valence-corrected chi connectivity index (χ3v) is 3.43. The summed E-state index contributed by atoms with van der Waals surface area (Å²) in [4.78, 5) is 23.2. The summed E-state index contributed by atoms with van der Waals surface area (Å²) in [7, 11) is 1.13. The number of methoxy groups -OCH3 is 1. The molecule has 5 nitrogen and oxygen atoms in total. The lowest BCUT2D eigenvalue weighted by molar-refractivity contribution is -0.566. The van der Waals surface area contributed by atoms with Gasteiger partial charge in [-0.3, -0.25) is 10.1 Å². The van der Waals surface area contributed by atoms with Gasteiger partial charge in [-0.05, 0) is 5.56 Å². The van der Waals surface area contributed by atoms with Crippen LogP contribution in [0, 0.1) is 28.4 Å². The molecule has 1 aromatic carbocycles. The zero-order valence-corrected chi connectivity index (χ0v) is 11.7. The van der Waals surface area contributed by atoms with E-state index in [2.05, 4.69) is 10.7 Å². The Labute approximate surface area is 118 Å². The standard InChI is InChI=1S/C15H17NO4/c1-5-13(12-9-7-6-8-10-12)15(11(2)3,16(18)19)14(17)20-4/h1,6-11,13H,2-4H3/t13?,15-/m1/s1. The molecule has 0 fully saturated rings. The molecule has 1 rings (SSSR count). The van der Waals surface area contributed by atoms with Crippen molar-refractivity contribution in [3.63, 3.8) is 0 Å². The van der Waals surface area contributed by atoms with E-state index in [4.69, 9.17) is 6.42 Å². The van der Waals surface area contributed by atoms with Crippen LogP contribution >= 0.6 is 0 Å². The van der Waals surface area contributed by atoms with Crippen LogP contribution in [0.1, 0.15) is 25.3 Å². The van der Waals surface area contributed by atoms with Gasteiger partial charge in [-0.1, -0.05) is 50.1 Å². The third-order valence-electron chi connectivity index (χ3n) is 3.43. The molecule has 0 heterocycles. The Morgan fingerprint density at radius 1 is 1.40 bits per heavy atom. The van der Waals surface area contributed by atoms with Gasteiger partial charge in [0.25, 0.3) is 0 Å². The smallest absolute Gasteiger partial charge is 0.386 e. The molecule has 0 N–H and O–H groups in total. The second-order valence-electron chi connectivity index (χ2n) is 4.74. The third kappa shape index (κ3) is 2.37. The number of nitro groups is 1. The lowest BCUT2D eigenvalue weighted by Crippen LogP contribution is -2.55. The maximum absolute atomic E-state index is 12.1. The van der Waals surface area contributed by atoms with Crippen LogP contribution in [0.5, 0.6) is 0 Å². The second kappa shape index (κ2) is 6.20. The molecule has 5 heteroatoms. The number of esters is 1. The Morgan fingerprint density at radius 3 is 2.30 bits per heavy atom. The van der Waals surface area contributed by atoms with E-state index in [-0.39, 0.29) is 0 Å². The molecule has 20 heavy (non-hydrogen) atoms. The van der Waals surface area contributed by atoms with Crippen LogP contribution in [0.25, 0.3) is 0 Å². The highest BCUT2D eigenvalue weighted by molar-refractivity contribution is 5.82. The molecule has 0 amide bonds. The van der Waals surface area contributed by atoms with Crippen molar-refractivity contribution in [2.45, 2.75) is 25.3 Å². The van der Waals surface area contributed by atoms with Gasteiger partial charge in [0.05, 0.1) is 7.11 Å². The van der Waals surface area contributed by atoms with E-state index in [1.54, 1.807) is 44.2 Å². The van der Waals surface area contributed by atoms with Crippen LogP contribution in [-0.2, 0) is 9.53 Å². The normalized spacial score (nSPS) is 14.9. The van der Waals surface area contributed by atoms with Crippen LogP contribution in [0.4, 0.5) is 0 Å². The summed E-state index contributed by atoms with van der Waals surface area (Å²) in [6.45, 7) is 3.18. The number of benzene rings is 1. The van der Waals surface area contributed by atoms with Gasteiger partial charge in [-0.2, -0.15) is 0 Å². The van der Waals surface area contributed by atoms with Gasteiger partial charge in [-0.15, -0.1) is 6.42 Å². The molecule has 0 aromatic heterocycles. The molecule has 2 atom stereocenters. The number of hydrogen-bond donors (Lipinski definition) is 0. The molecule has 0 saturated heterocycles.